The minimum Gasteiger partial charge on any atom is -0.494 e. The predicted octanol–water partition coefficient (Wildman–Crippen LogP) is 1.67. The number of ether oxygens (including phenoxy) is 1. The van der Waals surface area contributed by atoms with Crippen LogP contribution in [0.3, 0.4) is 0 Å². The standard InChI is InChI=1S/C22H32N8O3S/c1-17(2)30-26-22(25-27-30)18-6-8-20(9-7-18)33-15-5-3-4-12-28-13-14-29(34(28,31)32)19-10-11-24-21(23)16-19/h6-11,16-17,27H,3-5,12-15H2,1-2H3,(H2,23,24)(H,25,26). The Morgan fingerprint density at radius 1 is 1.12 bits per heavy atom. The number of nitrogen functional groups attached to an aromatic ring is 1. The van der Waals surface area contributed by atoms with Gasteiger partial charge in [-0.3, -0.25) is 9.73 Å². The van der Waals surface area contributed by atoms with Gasteiger partial charge in [-0.2, -0.15) is 12.7 Å². The number of hydrogen-bond donors (Lipinski definition) is 3. The number of amidine groups is 1. The molecule has 0 atom stereocenters. The van der Waals surface area contributed by atoms with Gasteiger partial charge in [-0.1, -0.05) is 0 Å². The van der Waals surface area contributed by atoms with Crippen molar-refractivity contribution < 1.29 is 13.2 Å². The molecule has 0 aliphatic carbocycles. The average Bonchev–Trinajstić information content (AvgIpc) is 3.41. The molecule has 0 radical (unpaired) electrons. The lowest BCUT2D eigenvalue weighted by molar-refractivity contribution is 0.159. The van der Waals surface area contributed by atoms with E-state index in [1.54, 1.807) is 17.3 Å². The second-order valence-corrected chi connectivity index (χ2v) is 10.3. The molecule has 4 rings (SSSR count). The van der Waals surface area contributed by atoms with E-state index in [-0.39, 0.29) is 6.04 Å². The molecule has 11 nitrogen and oxygen atoms in total. The summed E-state index contributed by atoms with van der Waals surface area (Å²) in [4.78, 5) is 3.93. The van der Waals surface area contributed by atoms with Crippen LogP contribution < -0.4 is 25.7 Å². The molecule has 1 aromatic carbocycles. The van der Waals surface area contributed by atoms with Gasteiger partial charge < -0.3 is 10.5 Å². The fourth-order valence-corrected chi connectivity index (χ4v) is 5.41. The normalized spacial score (nSPS) is 17.8. The number of aromatic nitrogens is 1. The number of pyridine rings is 1. The monoisotopic (exact) mass is 488 g/mol. The lowest BCUT2D eigenvalue weighted by Crippen LogP contribution is -2.41. The predicted molar refractivity (Wildman–Crippen MR) is 132 cm³/mol. The van der Waals surface area contributed by atoms with Gasteiger partial charge in [0, 0.05) is 37.5 Å². The van der Waals surface area contributed by atoms with E-state index in [9.17, 15) is 8.42 Å². The number of hydrazone groups is 1. The molecule has 2 aliphatic heterocycles. The molecule has 184 valence electrons. The van der Waals surface area contributed by atoms with Crippen molar-refractivity contribution in [2.45, 2.75) is 39.2 Å². The van der Waals surface area contributed by atoms with Crippen LogP contribution >= 0.6 is 0 Å². The number of nitrogens with one attached hydrogen (secondary N) is 2. The fourth-order valence-electron chi connectivity index (χ4n) is 3.76. The van der Waals surface area contributed by atoms with Gasteiger partial charge in [-0.05, 0) is 63.4 Å². The van der Waals surface area contributed by atoms with Crippen LogP contribution in [-0.4, -0.2) is 60.9 Å². The number of anilines is 2. The van der Waals surface area contributed by atoms with Crippen LogP contribution in [-0.2, 0) is 10.2 Å². The van der Waals surface area contributed by atoms with Gasteiger partial charge >= 0.3 is 10.2 Å². The largest absolute Gasteiger partial charge is 0.494 e. The molecule has 2 aromatic rings. The van der Waals surface area contributed by atoms with Crippen molar-refractivity contribution >= 4 is 27.6 Å². The summed E-state index contributed by atoms with van der Waals surface area (Å²) in [6.07, 6.45) is 4.03. The van der Waals surface area contributed by atoms with Crippen LogP contribution in [0.15, 0.2) is 47.7 Å². The van der Waals surface area contributed by atoms with Crippen LogP contribution in [0.4, 0.5) is 11.5 Å². The summed E-state index contributed by atoms with van der Waals surface area (Å²) in [6, 6.07) is 11.3. The number of hydrazine groups is 2. The Morgan fingerprint density at radius 3 is 2.62 bits per heavy atom. The molecule has 3 heterocycles. The Balaban J connectivity index is 1.17. The van der Waals surface area contributed by atoms with Crippen molar-refractivity contribution in [1.29, 1.82) is 0 Å². The molecule has 1 fully saturated rings. The van der Waals surface area contributed by atoms with E-state index in [1.807, 2.05) is 24.3 Å². The quantitative estimate of drug-likeness (QED) is 0.431. The van der Waals surface area contributed by atoms with Gasteiger partial charge in [0.05, 0.1) is 18.3 Å². The molecular weight excluding hydrogens is 456 g/mol. The third-order valence-corrected chi connectivity index (χ3v) is 7.61. The van der Waals surface area contributed by atoms with Crippen molar-refractivity contribution in [3.8, 4) is 5.75 Å². The van der Waals surface area contributed by atoms with Crippen molar-refractivity contribution in [3.63, 3.8) is 0 Å². The third kappa shape index (κ3) is 5.51. The molecule has 2 aliphatic rings. The molecule has 1 aromatic heterocycles. The molecule has 0 unspecified atom stereocenters. The van der Waals surface area contributed by atoms with Crippen molar-refractivity contribution in [2.24, 2.45) is 5.10 Å². The molecule has 4 N–H and O–H groups in total. The van der Waals surface area contributed by atoms with E-state index in [0.717, 1.165) is 36.4 Å². The summed E-state index contributed by atoms with van der Waals surface area (Å²) in [5.74, 6) is 1.87. The lowest BCUT2D eigenvalue weighted by Gasteiger charge is -2.20. The number of unbranched alkanes of at least 4 members (excludes halogenated alkanes) is 2. The van der Waals surface area contributed by atoms with E-state index in [0.29, 0.717) is 37.7 Å². The Morgan fingerprint density at radius 2 is 1.91 bits per heavy atom. The summed E-state index contributed by atoms with van der Waals surface area (Å²) >= 11 is 0. The summed E-state index contributed by atoms with van der Waals surface area (Å²) in [6.45, 7) is 6.06. The number of nitrogens with zero attached hydrogens (tertiary/aromatic N) is 5. The van der Waals surface area contributed by atoms with Gasteiger partial charge in [-0.15, -0.1) is 10.6 Å². The first-order valence-electron chi connectivity index (χ1n) is 11.5. The second-order valence-electron chi connectivity index (χ2n) is 8.48. The first-order chi connectivity index (χ1) is 16.3. The van der Waals surface area contributed by atoms with Crippen molar-refractivity contribution in [2.75, 3.05) is 36.3 Å². The maximum atomic E-state index is 12.8. The molecule has 0 saturated carbocycles. The second kappa shape index (κ2) is 10.5. The zero-order chi connectivity index (χ0) is 24.1. The van der Waals surface area contributed by atoms with E-state index in [1.165, 1.54) is 14.8 Å². The summed E-state index contributed by atoms with van der Waals surface area (Å²) in [5, 5.41) is 6.24. The first kappa shape index (κ1) is 24.0. The molecular formula is C22H32N8O3S. The highest BCUT2D eigenvalue weighted by atomic mass is 32.2. The van der Waals surface area contributed by atoms with Crippen molar-refractivity contribution in [3.05, 3.63) is 48.2 Å². The number of rotatable bonds is 10. The maximum absolute atomic E-state index is 12.8. The van der Waals surface area contributed by atoms with Gasteiger partial charge in [-0.25, -0.2) is 10.1 Å². The average molecular weight is 489 g/mol. The van der Waals surface area contributed by atoms with E-state index >= 15 is 0 Å². The molecule has 0 amide bonds. The molecule has 34 heavy (non-hydrogen) atoms. The van der Waals surface area contributed by atoms with Crippen LogP contribution in [0.1, 0.15) is 38.7 Å². The van der Waals surface area contributed by atoms with Crippen molar-refractivity contribution in [1.82, 2.24) is 25.4 Å². The Hall–Kier alpha value is -3.09. The van der Waals surface area contributed by atoms with Gasteiger partial charge in [0.1, 0.15) is 11.6 Å². The third-order valence-electron chi connectivity index (χ3n) is 5.64. The van der Waals surface area contributed by atoms with Crippen LogP contribution in [0.5, 0.6) is 5.75 Å². The van der Waals surface area contributed by atoms with E-state index < -0.39 is 10.2 Å². The van der Waals surface area contributed by atoms with Gasteiger partial charge in [0.25, 0.3) is 0 Å². The summed E-state index contributed by atoms with van der Waals surface area (Å²) in [7, 11) is -3.52. The lowest BCUT2D eigenvalue weighted by atomic mass is 10.2. The highest BCUT2D eigenvalue weighted by Gasteiger charge is 2.36. The van der Waals surface area contributed by atoms with E-state index in [2.05, 4.69) is 34.9 Å². The molecule has 12 heteroatoms. The molecule has 0 spiro atoms. The highest BCUT2D eigenvalue weighted by Crippen LogP contribution is 2.26. The van der Waals surface area contributed by atoms with Crippen LogP contribution in [0.2, 0.25) is 0 Å². The van der Waals surface area contributed by atoms with Gasteiger partial charge in [0.15, 0.2) is 5.84 Å². The smallest absolute Gasteiger partial charge is 0.304 e. The fraction of sp³-hybridized carbons (Fsp3) is 0.455. The number of nitrogens with two attached hydrogens (primary N) is 1. The SMILES string of the molecule is CC(C)N1N=C(c2ccc(OCCCCCN3CCN(c4ccnc(N)c4)S3(=O)=O)cc2)NN1. The topological polar surface area (TPSA) is 128 Å². The minimum absolute atomic E-state index is 0.248. The summed E-state index contributed by atoms with van der Waals surface area (Å²) in [5.41, 5.74) is 13.3. The van der Waals surface area contributed by atoms with Gasteiger partial charge in [0.2, 0.25) is 0 Å². The number of hydrogen-bond acceptors (Lipinski definition) is 9. The zero-order valence-electron chi connectivity index (χ0n) is 19.5. The number of benzene rings is 1. The summed E-state index contributed by atoms with van der Waals surface area (Å²) < 4.78 is 34.4. The Labute approximate surface area is 200 Å². The Bertz CT molecular complexity index is 1110. The Kier molecular flexibility index (Phi) is 7.39. The highest BCUT2D eigenvalue weighted by molar-refractivity contribution is 7.90. The van der Waals surface area contributed by atoms with E-state index in [4.69, 9.17) is 10.5 Å². The minimum atomic E-state index is -3.52. The molecule has 0 bridgehead atoms. The van der Waals surface area contributed by atoms with Crippen LogP contribution in [0, 0.1) is 0 Å². The maximum Gasteiger partial charge on any atom is 0.304 e. The zero-order valence-corrected chi connectivity index (χ0v) is 20.3. The molecule has 1 saturated heterocycles. The van der Waals surface area contributed by atoms with Crippen LogP contribution in [0.25, 0.3) is 0 Å². The first-order valence-corrected chi connectivity index (χ1v) is 12.9.